The first kappa shape index (κ1) is 8.93. The van der Waals surface area contributed by atoms with Crippen LogP contribution in [0.5, 0.6) is 0 Å². The smallest absolute Gasteiger partial charge is 0.169 e. The van der Waals surface area contributed by atoms with Gasteiger partial charge in [0.25, 0.3) is 0 Å². The minimum Gasteiger partial charge on any atom is -0.448 e. The quantitative estimate of drug-likeness (QED) is 0.901. The summed E-state index contributed by atoms with van der Waals surface area (Å²) in [5.74, 6) is 0.767. The highest BCUT2D eigenvalue weighted by atomic mass is 79.9. The maximum absolute atomic E-state index is 5.45. The van der Waals surface area contributed by atoms with Crippen LogP contribution >= 0.6 is 27.3 Å². The van der Waals surface area contributed by atoms with Crippen LogP contribution < -0.4 is 5.73 Å². The molecule has 0 saturated carbocycles. The average molecular weight is 259 g/mol. The maximum atomic E-state index is 5.45. The molecular formula is C8H7BrN2OS. The molecule has 0 aliphatic rings. The lowest BCUT2D eigenvalue weighted by Gasteiger charge is -1.87. The Bertz CT molecular complexity index is 410. The van der Waals surface area contributed by atoms with E-state index in [4.69, 9.17) is 10.2 Å². The van der Waals surface area contributed by atoms with E-state index in [9.17, 15) is 0 Å². The normalized spacial score (nSPS) is 10.6. The molecule has 2 heterocycles. The van der Waals surface area contributed by atoms with E-state index in [1.807, 2.05) is 17.5 Å². The first-order valence-electron chi connectivity index (χ1n) is 3.70. The van der Waals surface area contributed by atoms with E-state index < -0.39 is 0 Å². The number of halogens is 1. The first-order valence-corrected chi connectivity index (χ1v) is 5.37. The summed E-state index contributed by atoms with van der Waals surface area (Å²) in [6.45, 7) is 0.479. The standard InChI is InChI=1S/C8H7BrN2OS/c9-7-2-1-6(12-7)5-4-13-8(3-10)11-5/h1-2,4H,3,10H2. The van der Waals surface area contributed by atoms with Crippen LogP contribution in [0.2, 0.25) is 0 Å². The highest BCUT2D eigenvalue weighted by Crippen LogP contribution is 2.25. The van der Waals surface area contributed by atoms with Crippen LogP contribution in [0.4, 0.5) is 0 Å². The Hall–Kier alpha value is -0.650. The summed E-state index contributed by atoms with van der Waals surface area (Å²) < 4.78 is 6.06. The van der Waals surface area contributed by atoms with Crippen molar-refractivity contribution >= 4 is 27.3 Å². The molecule has 5 heteroatoms. The summed E-state index contributed by atoms with van der Waals surface area (Å²) in [5, 5.41) is 2.86. The monoisotopic (exact) mass is 258 g/mol. The van der Waals surface area contributed by atoms with Gasteiger partial charge in [0.1, 0.15) is 10.7 Å². The van der Waals surface area contributed by atoms with Gasteiger partial charge in [0.15, 0.2) is 10.4 Å². The summed E-state index contributed by atoms with van der Waals surface area (Å²) in [7, 11) is 0. The summed E-state index contributed by atoms with van der Waals surface area (Å²) in [4.78, 5) is 4.29. The topological polar surface area (TPSA) is 52.0 Å². The van der Waals surface area contributed by atoms with Gasteiger partial charge in [-0.2, -0.15) is 0 Å². The summed E-state index contributed by atoms with van der Waals surface area (Å²) in [6, 6.07) is 3.72. The van der Waals surface area contributed by atoms with Gasteiger partial charge >= 0.3 is 0 Å². The molecule has 0 amide bonds. The van der Waals surface area contributed by atoms with E-state index in [0.717, 1.165) is 16.5 Å². The summed E-state index contributed by atoms with van der Waals surface area (Å²) >= 11 is 4.78. The van der Waals surface area contributed by atoms with Crippen LogP contribution in [0.15, 0.2) is 26.6 Å². The molecule has 0 unspecified atom stereocenters. The molecule has 2 rings (SSSR count). The number of nitrogens with zero attached hydrogens (tertiary/aromatic N) is 1. The second-order valence-corrected chi connectivity index (χ2v) is 4.16. The van der Waals surface area contributed by atoms with Crippen molar-refractivity contribution in [3.8, 4) is 11.5 Å². The highest BCUT2D eigenvalue weighted by Gasteiger charge is 2.06. The van der Waals surface area contributed by atoms with Crippen molar-refractivity contribution in [1.29, 1.82) is 0 Å². The molecule has 13 heavy (non-hydrogen) atoms. The fourth-order valence-electron chi connectivity index (χ4n) is 0.970. The first-order chi connectivity index (χ1) is 6.29. The van der Waals surface area contributed by atoms with E-state index in [1.54, 1.807) is 11.3 Å². The number of rotatable bonds is 2. The zero-order chi connectivity index (χ0) is 9.26. The Morgan fingerprint density at radius 3 is 2.92 bits per heavy atom. The van der Waals surface area contributed by atoms with E-state index in [0.29, 0.717) is 11.2 Å². The van der Waals surface area contributed by atoms with Crippen molar-refractivity contribution in [3.63, 3.8) is 0 Å². The van der Waals surface area contributed by atoms with Crippen LogP contribution in [0.25, 0.3) is 11.5 Å². The van der Waals surface area contributed by atoms with Crippen LogP contribution in [-0.2, 0) is 6.54 Å². The molecule has 0 saturated heterocycles. The van der Waals surface area contributed by atoms with Crippen molar-refractivity contribution in [2.24, 2.45) is 5.73 Å². The number of thiazole rings is 1. The highest BCUT2D eigenvalue weighted by molar-refractivity contribution is 9.10. The fraction of sp³-hybridized carbons (Fsp3) is 0.125. The Morgan fingerprint density at radius 1 is 1.54 bits per heavy atom. The Morgan fingerprint density at radius 2 is 2.38 bits per heavy atom. The van der Waals surface area contributed by atoms with E-state index in [1.165, 1.54) is 0 Å². The molecule has 3 nitrogen and oxygen atoms in total. The van der Waals surface area contributed by atoms with Gasteiger partial charge in [-0.25, -0.2) is 4.98 Å². The molecule has 0 bridgehead atoms. The van der Waals surface area contributed by atoms with Crippen molar-refractivity contribution in [2.45, 2.75) is 6.54 Å². The van der Waals surface area contributed by atoms with Gasteiger partial charge in [-0.1, -0.05) is 0 Å². The lowest BCUT2D eigenvalue weighted by Crippen LogP contribution is -1.94. The second-order valence-electron chi connectivity index (χ2n) is 2.43. The number of hydrogen-bond acceptors (Lipinski definition) is 4. The molecule has 2 aromatic heterocycles. The fourth-order valence-corrected chi connectivity index (χ4v) is 1.94. The van der Waals surface area contributed by atoms with Gasteiger partial charge in [-0.3, -0.25) is 0 Å². The van der Waals surface area contributed by atoms with Gasteiger partial charge in [0.05, 0.1) is 0 Å². The van der Waals surface area contributed by atoms with Crippen LogP contribution in [0, 0.1) is 0 Å². The van der Waals surface area contributed by atoms with Crippen LogP contribution in [0.1, 0.15) is 5.01 Å². The Labute approximate surface area is 87.7 Å². The van der Waals surface area contributed by atoms with Crippen molar-refractivity contribution in [2.75, 3.05) is 0 Å². The molecule has 0 aliphatic carbocycles. The molecule has 0 radical (unpaired) electrons. The van der Waals surface area contributed by atoms with Crippen LogP contribution in [0.3, 0.4) is 0 Å². The molecule has 2 aromatic rings. The van der Waals surface area contributed by atoms with E-state index in [2.05, 4.69) is 20.9 Å². The number of nitrogens with two attached hydrogens (primary N) is 1. The molecule has 68 valence electrons. The molecule has 0 fully saturated rings. The molecule has 0 aliphatic heterocycles. The molecule has 0 spiro atoms. The zero-order valence-electron chi connectivity index (χ0n) is 6.66. The van der Waals surface area contributed by atoms with Crippen LogP contribution in [-0.4, -0.2) is 4.98 Å². The van der Waals surface area contributed by atoms with Gasteiger partial charge in [0, 0.05) is 11.9 Å². The number of furan rings is 1. The lowest BCUT2D eigenvalue weighted by molar-refractivity contribution is 0.554. The minimum absolute atomic E-state index is 0.479. The van der Waals surface area contributed by atoms with E-state index in [-0.39, 0.29) is 0 Å². The van der Waals surface area contributed by atoms with Gasteiger partial charge < -0.3 is 10.2 Å². The average Bonchev–Trinajstić information content (AvgIpc) is 2.71. The summed E-state index contributed by atoms with van der Waals surface area (Å²) in [5.41, 5.74) is 6.30. The predicted molar refractivity (Wildman–Crippen MR) is 55.4 cm³/mol. The van der Waals surface area contributed by atoms with Crippen molar-refractivity contribution in [3.05, 3.63) is 27.2 Å². The predicted octanol–water partition coefficient (Wildman–Crippen LogP) is 2.62. The second kappa shape index (κ2) is 3.61. The lowest BCUT2D eigenvalue weighted by atomic mass is 10.4. The minimum atomic E-state index is 0.479. The van der Waals surface area contributed by atoms with Gasteiger partial charge in [0.2, 0.25) is 0 Å². The van der Waals surface area contributed by atoms with Crippen molar-refractivity contribution in [1.82, 2.24) is 4.98 Å². The van der Waals surface area contributed by atoms with Gasteiger partial charge in [-0.15, -0.1) is 11.3 Å². The van der Waals surface area contributed by atoms with E-state index >= 15 is 0 Å². The largest absolute Gasteiger partial charge is 0.448 e. The zero-order valence-corrected chi connectivity index (χ0v) is 9.06. The SMILES string of the molecule is NCc1nc(-c2ccc(Br)o2)cs1. The Balaban J connectivity index is 2.35. The summed E-state index contributed by atoms with van der Waals surface area (Å²) in [6.07, 6.45) is 0. The third kappa shape index (κ3) is 1.82. The third-order valence-electron chi connectivity index (χ3n) is 1.55. The molecule has 0 atom stereocenters. The molecule has 0 aromatic carbocycles. The van der Waals surface area contributed by atoms with Gasteiger partial charge in [-0.05, 0) is 28.1 Å². The van der Waals surface area contributed by atoms with Crippen molar-refractivity contribution < 1.29 is 4.42 Å². The molecule has 2 N–H and O–H groups in total. The maximum Gasteiger partial charge on any atom is 0.169 e. The number of hydrogen-bond donors (Lipinski definition) is 1. The molecular weight excluding hydrogens is 252 g/mol. The Kier molecular flexibility index (Phi) is 2.48. The number of aromatic nitrogens is 1. The third-order valence-corrected chi connectivity index (χ3v) is 2.85.